The highest BCUT2D eigenvalue weighted by molar-refractivity contribution is 5.95. The molecule has 2 amide bonds. The predicted molar refractivity (Wildman–Crippen MR) is 274 cm³/mol. The third-order valence-corrected chi connectivity index (χ3v) is 15.2. The van der Waals surface area contributed by atoms with Crippen molar-refractivity contribution in [2.24, 2.45) is 5.73 Å². The van der Waals surface area contributed by atoms with Crippen LogP contribution >= 0.6 is 0 Å². The minimum Gasteiger partial charge on any atom is -0.458 e. The second-order valence-electron chi connectivity index (χ2n) is 19.5. The van der Waals surface area contributed by atoms with Gasteiger partial charge in [-0.2, -0.15) is 0 Å². The van der Waals surface area contributed by atoms with Crippen LogP contribution in [0.15, 0.2) is 132 Å². The summed E-state index contributed by atoms with van der Waals surface area (Å²) in [7, 11) is 0. The lowest BCUT2D eigenvalue weighted by atomic mass is 9.76. The highest BCUT2D eigenvalue weighted by atomic mass is 19.1. The van der Waals surface area contributed by atoms with E-state index in [4.69, 9.17) is 15.5 Å². The van der Waals surface area contributed by atoms with Crippen LogP contribution in [0.4, 0.5) is 4.39 Å². The maximum absolute atomic E-state index is 15.7. The average Bonchev–Trinajstić information content (AvgIpc) is 3.77. The molecule has 0 saturated carbocycles. The number of pyridine rings is 2. The van der Waals surface area contributed by atoms with Crippen LogP contribution < -0.4 is 27.2 Å². The smallest absolute Gasteiger partial charge is 0.343 e. The standard InChI is InChI=1S/C59H59FN6O6/c1-4-58(71)44-31-50-53-42(33-66(50)56(69)43(44)34-72-57(58)70)52-47(28-27-41-36(3)45(60)32-49(63-53)51(41)52)64-55(68)48(65-54(67)46(61)30-37-16-8-5-9-17-37)22-14-15-29-62-59(38-18-10-6-11-19-38,39-20-12-7-13-21-39)40-25-23-35(2)24-26-40/h5-13,16-21,23-26,31-32,46-48,62,71H,4,14-15,22,27-30,33-34,61H2,1-3H3,(H,64,68)(H,65,67)/t46-,47-,48-,58-/m0/s1. The van der Waals surface area contributed by atoms with E-state index in [9.17, 15) is 24.3 Å². The van der Waals surface area contributed by atoms with Crippen LogP contribution in [0.1, 0.15) is 106 Å². The van der Waals surface area contributed by atoms with Crippen LogP contribution in [-0.2, 0) is 56.3 Å². The number of nitrogens with two attached hydrogens (primary N) is 1. The number of carbonyl (C=O) groups excluding carboxylic acids is 3. The number of carbonyl (C=O) groups is 3. The van der Waals surface area contributed by atoms with Crippen molar-refractivity contribution in [3.8, 4) is 11.4 Å². The number of esters is 1. The van der Waals surface area contributed by atoms with Crippen LogP contribution in [0.3, 0.4) is 0 Å². The number of aryl methyl sites for hydroxylation is 2. The Labute approximate surface area is 417 Å². The lowest BCUT2D eigenvalue weighted by molar-refractivity contribution is -0.172. The summed E-state index contributed by atoms with van der Waals surface area (Å²) in [6, 6.07) is 39.3. The zero-order valence-electron chi connectivity index (χ0n) is 40.8. The van der Waals surface area contributed by atoms with E-state index in [0.717, 1.165) is 38.9 Å². The van der Waals surface area contributed by atoms with E-state index in [1.165, 1.54) is 6.07 Å². The number of benzene rings is 5. The Morgan fingerprint density at radius 1 is 0.875 bits per heavy atom. The molecule has 4 heterocycles. The third-order valence-electron chi connectivity index (χ3n) is 15.2. The highest BCUT2D eigenvalue weighted by Crippen LogP contribution is 2.46. The number of aromatic nitrogens is 2. The molecule has 0 unspecified atom stereocenters. The van der Waals surface area contributed by atoms with E-state index in [0.29, 0.717) is 72.1 Å². The van der Waals surface area contributed by atoms with Gasteiger partial charge in [-0.05, 0) is 110 Å². The van der Waals surface area contributed by atoms with Gasteiger partial charge < -0.3 is 30.8 Å². The first-order valence-corrected chi connectivity index (χ1v) is 25.0. The molecule has 6 N–H and O–H groups in total. The van der Waals surface area contributed by atoms with Crippen LogP contribution in [0.25, 0.3) is 22.3 Å². The van der Waals surface area contributed by atoms with Gasteiger partial charge in [-0.1, -0.05) is 128 Å². The van der Waals surface area contributed by atoms with E-state index < -0.39 is 58.4 Å². The molecule has 72 heavy (non-hydrogen) atoms. The molecule has 12 nitrogen and oxygen atoms in total. The summed E-state index contributed by atoms with van der Waals surface area (Å²) in [6.45, 7) is 5.83. The molecule has 0 bridgehead atoms. The zero-order valence-corrected chi connectivity index (χ0v) is 40.8. The van der Waals surface area contributed by atoms with E-state index in [1.807, 2.05) is 66.7 Å². The van der Waals surface area contributed by atoms with Gasteiger partial charge in [0.1, 0.15) is 18.5 Å². The Hall–Kier alpha value is -7.32. The molecule has 13 heteroatoms. The number of cyclic esters (lactones) is 1. The maximum atomic E-state index is 15.7. The first kappa shape index (κ1) is 48.3. The summed E-state index contributed by atoms with van der Waals surface area (Å²) in [4.78, 5) is 61.2. The number of halogens is 1. The van der Waals surface area contributed by atoms with Gasteiger partial charge in [0.25, 0.3) is 5.56 Å². The SMILES string of the molecule is CC[C@@]1(O)C(=O)OCc2c1cc1n(c2=O)Cc2c-1nc1cc(F)c(C)c3c1c2[C@@H](NC(=O)[C@H](CCCCNC(c1ccccc1)(c1ccccc1)c1ccc(C)cc1)NC(=O)[C@@H](N)Cc1ccccc1)CC3. The van der Waals surface area contributed by atoms with Gasteiger partial charge in [-0.25, -0.2) is 14.2 Å². The molecule has 7 aromatic rings. The fraction of sp³-hybridized carbons (Fsp3) is 0.305. The molecule has 3 aliphatic rings. The van der Waals surface area contributed by atoms with Gasteiger partial charge in [-0.15, -0.1) is 0 Å². The van der Waals surface area contributed by atoms with Gasteiger partial charge >= 0.3 is 5.97 Å². The molecule has 0 radical (unpaired) electrons. The van der Waals surface area contributed by atoms with Crippen molar-refractivity contribution >= 4 is 28.7 Å². The normalized spacial score (nSPS) is 17.6. The van der Waals surface area contributed by atoms with Crippen molar-refractivity contribution in [2.75, 3.05) is 6.54 Å². The second kappa shape index (κ2) is 19.7. The van der Waals surface area contributed by atoms with Gasteiger partial charge in [0, 0.05) is 22.6 Å². The molecule has 1 aliphatic carbocycles. The van der Waals surface area contributed by atoms with E-state index in [-0.39, 0.29) is 37.1 Å². The molecule has 5 aromatic carbocycles. The summed E-state index contributed by atoms with van der Waals surface area (Å²) in [5, 5.41) is 22.6. The van der Waals surface area contributed by atoms with Crippen molar-refractivity contribution in [3.05, 3.63) is 205 Å². The summed E-state index contributed by atoms with van der Waals surface area (Å²) in [5.74, 6) is -2.11. The number of unbranched alkanes of at least 4 members (excludes halogenated alkanes) is 1. The number of aliphatic hydroxyl groups is 1. The minimum atomic E-state index is -2.03. The number of ether oxygens (including phenoxy) is 1. The lowest BCUT2D eigenvalue weighted by Gasteiger charge is -2.37. The molecule has 0 spiro atoms. The molecular formula is C59H59FN6O6. The summed E-state index contributed by atoms with van der Waals surface area (Å²) in [5.41, 5.74) is 12.9. The molecule has 0 saturated heterocycles. The Bertz CT molecular complexity index is 3240. The highest BCUT2D eigenvalue weighted by Gasteiger charge is 2.46. The van der Waals surface area contributed by atoms with Gasteiger partial charge in [-0.3, -0.25) is 19.7 Å². The monoisotopic (exact) mass is 966 g/mol. The number of nitrogens with one attached hydrogen (secondary N) is 3. The van der Waals surface area contributed by atoms with Gasteiger partial charge in [0.05, 0.1) is 46.6 Å². The number of hydrogen-bond donors (Lipinski definition) is 5. The summed E-state index contributed by atoms with van der Waals surface area (Å²) >= 11 is 0. The number of hydrogen-bond acceptors (Lipinski definition) is 9. The van der Waals surface area contributed by atoms with Crippen molar-refractivity contribution in [1.29, 1.82) is 0 Å². The van der Waals surface area contributed by atoms with Crippen molar-refractivity contribution in [3.63, 3.8) is 0 Å². The minimum absolute atomic E-state index is 0.0199. The first-order chi connectivity index (χ1) is 34.8. The largest absolute Gasteiger partial charge is 0.458 e. The van der Waals surface area contributed by atoms with Gasteiger partial charge in [0.2, 0.25) is 11.8 Å². The fourth-order valence-corrected chi connectivity index (χ4v) is 11.2. The van der Waals surface area contributed by atoms with E-state index in [2.05, 4.69) is 71.4 Å². The van der Waals surface area contributed by atoms with Crippen molar-refractivity contribution < 1.29 is 28.6 Å². The Balaban J connectivity index is 0.963. The van der Waals surface area contributed by atoms with Crippen LogP contribution in [0.2, 0.25) is 0 Å². The molecule has 4 atom stereocenters. The number of rotatable bonds is 16. The van der Waals surface area contributed by atoms with E-state index in [1.54, 1.807) is 24.5 Å². The number of nitrogens with zero attached hydrogens (tertiary/aromatic N) is 2. The number of amides is 2. The van der Waals surface area contributed by atoms with Crippen molar-refractivity contribution in [1.82, 2.24) is 25.5 Å². The summed E-state index contributed by atoms with van der Waals surface area (Å²) in [6.07, 6.45) is 2.63. The van der Waals surface area contributed by atoms with E-state index >= 15 is 4.39 Å². The van der Waals surface area contributed by atoms with Crippen LogP contribution in [0, 0.1) is 19.7 Å². The predicted octanol–water partition coefficient (Wildman–Crippen LogP) is 7.75. The molecule has 2 aromatic heterocycles. The third kappa shape index (κ3) is 8.58. The first-order valence-electron chi connectivity index (χ1n) is 25.0. The average molecular weight is 967 g/mol. The van der Waals surface area contributed by atoms with Crippen LogP contribution in [0.5, 0.6) is 0 Å². The lowest BCUT2D eigenvalue weighted by Crippen LogP contribution is -2.52. The number of fused-ring (bicyclic) bond motifs is 5. The second-order valence-corrected chi connectivity index (χ2v) is 19.5. The molecule has 2 aliphatic heterocycles. The Kier molecular flexibility index (Phi) is 13.2. The van der Waals surface area contributed by atoms with Gasteiger partial charge in [0.15, 0.2) is 5.60 Å². The fourth-order valence-electron chi connectivity index (χ4n) is 11.2. The van der Waals surface area contributed by atoms with Crippen LogP contribution in [-0.4, -0.2) is 51.1 Å². The quantitative estimate of drug-likeness (QED) is 0.0368. The Morgan fingerprint density at radius 2 is 1.53 bits per heavy atom. The zero-order chi connectivity index (χ0) is 50.3. The van der Waals surface area contributed by atoms with Crippen molar-refractivity contribution in [2.45, 2.75) is 108 Å². The molecule has 368 valence electrons. The molecule has 0 fully saturated rings. The molecular weight excluding hydrogens is 908 g/mol. The Morgan fingerprint density at radius 3 is 2.19 bits per heavy atom. The maximum Gasteiger partial charge on any atom is 0.343 e. The topological polar surface area (TPSA) is 178 Å². The summed E-state index contributed by atoms with van der Waals surface area (Å²) < 4.78 is 22.6. The molecule has 10 rings (SSSR count).